The van der Waals surface area contributed by atoms with Gasteiger partial charge in [0.25, 0.3) is 0 Å². The lowest BCUT2D eigenvalue weighted by atomic mass is 10.2. The molecule has 0 amide bonds. The van der Waals surface area contributed by atoms with Crippen LogP contribution in [0.15, 0.2) is 42.5 Å². The number of rotatable bonds is 9. The molecule has 0 unspecified atom stereocenters. The van der Waals surface area contributed by atoms with Crippen LogP contribution >= 0.6 is 23.8 Å². The van der Waals surface area contributed by atoms with Crippen molar-refractivity contribution in [2.75, 3.05) is 58.9 Å². The molecule has 8 heteroatoms. The van der Waals surface area contributed by atoms with E-state index in [0.29, 0.717) is 23.2 Å². The van der Waals surface area contributed by atoms with Crippen LogP contribution in [0.2, 0.25) is 5.02 Å². The number of benzene rings is 2. The Kier molecular flexibility index (Phi) is 9.21. The minimum Gasteiger partial charge on any atom is -0.497 e. The molecule has 1 fully saturated rings. The summed E-state index contributed by atoms with van der Waals surface area (Å²) >= 11 is 12.0. The fourth-order valence-electron chi connectivity index (χ4n) is 3.50. The van der Waals surface area contributed by atoms with Gasteiger partial charge in [-0.05, 0) is 36.3 Å². The molecule has 6 nitrogen and oxygen atoms in total. The lowest BCUT2D eigenvalue weighted by Gasteiger charge is -2.30. The summed E-state index contributed by atoms with van der Waals surface area (Å²) in [6.45, 7) is 6.12. The van der Waals surface area contributed by atoms with Crippen molar-refractivity contribution >= 4 is 34.6 Å². The minimum atomic E-state index is 0.650. The highest BCUT2D eigenvalue weighted by Crippen LogP contribution is 2.26. The van der Waals surface area contributed by atoms with Crippen molar-refractivity contribution in [1.82, 2.24) is 9.80 Å². The van der Waals surface area contributed by atoms with Crippen molar-refractivity contribution < 1.29 is 14.2 Å². The number of hydrogen-bond acceptors (Lipinski definition) is 5. The van der Waals surface area contributed by atoms with Crippen molar-refractivity contribution in [3.63, 3.8) is 0 Å². The third-order valence-electron chi connectivity index (χ3n) is 5.16. The van der Waals surface area contributed by atoms with Gasteiger partial charge < -0.3 is 24.4 Å². The van der Waals surface area contributed by atoms with Gasteiger partial charge in [-0.25, -0.2) is 0 Å². The first-order chi connectivity index (χ1) is 15.1. The van der Waals surface area contributed by atoms with E-state index >= 15 is 0 Å². The van der Waals surface area contributed by atoms with Crippen LogP contribution in [0.5, 0.6) is 11.5 Å². The van der Waals surface area contributed by atoms with Gasteiger partial charge in [-0.3, -0.25) is 4.90 Å². The number of methoxy groups -OCH3 is 2. The molecule has 1 aliphatic heterocycles. The molecule has 0 bridgehead atoms. The van der Waals surface area contributed by atoms with Gasteiger partial charge in [0.15, 0.2) is 5.11 Å². The summed E-state index contributed by atoms with van der Waals surface area (Å²) in [5, 5.41) is 4.72. The Labute approximate surface area is 195 Å². The Balaban J connectivity index is 1.68. The van der Waals surface area contributed by atoms with E-state index in [1.54, 1.807) is 14.2 Å². The summed E-state index contributed by atoms with van der Waals surface area (Å²) in [4.78, 5) is 4.61. The first-order valence-corrected chi connectivity index (χ1v) is 11.2. The standard InChI is InChI=1S/C23H30ClN3O3S/c1-28-21-14-20(15-22(16-21)29-2)25-23(31)27(17-18-5-3-6-19(24)13-18)8-4-7-26-9-11-30-12-10-26/h3,5-6,13-16H,4,7-12,17H2,1-2H3,(H,25,31). The van der Waals surface area contributed by atoms with E-state index in [1.165, 1.54) is 0 Å². The molecule has 0 aromatic heterocycles. The maximum Gasteiger partial charge on any atom is 0.173 e. The SMILES string of the molecule is COc1cc(NC(=S)N(CCCN2CCOCC2)Cc2cccc(Cl)c2)cc(OC)c1. The zero-order chi connectivity index (χ0) is 22.1. The molecule has 1 N–H and O–H groups in total. The molecule has 0 saturated carbocycles. The van der Waals surface area contributed by atoms with E-state index in [9.17, 15) is 0 Å². The summed E-state index contributed by atoms with van der Waals surface area (Å²) in [6, 6.07) is 13.5. The number of ether oxygens (including phenoxy) is 3. The van der Waals surface area contributed by atoms with Gasteiger partial charge in [-0.2, -0.15) is 0 Å². The molecule has 1 saturated heterocycles. The molecular weight excluding hydrogens is 434 g/mol. The van der Waals surface area contributed by atoms with Crippen LogP contribution in [-0.2, 0) is 11.3 Å². The molecule has 2 aromatic rings. The first kappa shape index (κ1) is 23.6. The van der Waals surface area contributed by atoms with E-state index in [0.717, 1.165) is 62.1 Å². The summed E-state index contributed by atoms with van der Waals surface area (Å²) in [6.07, 6.45) is 1.00. The topological polar surface area (TPSA) is 46.2 Å². The number of nitrogens with one attached hydrogen (secondary N) is 1. The Bertz CT molecular complexity index is 839. The number of nitrogens with zero attached hydrogens (tertiary/aromatic N) is 2. The molecule has 3 rings (SSSR count). The summed E-state index contributed by atoms with van der Waals surface area (Å²) < 4.78 is 16.2. The third kappa shape index (κ3) is 7.54. The molecule has 0 radical (unpaired) electrons. The summed E-state index contributed by atoms with van der Waals surface area (Å²) in [7, 11) is 3.27. The normalized spacial score (nSPS) is 14.2. The lowest BCUT2D eigenvalue weighted by Crippen LogP contribution is -2.40. The monoisotopic (exact) mass is 463 g/mol. The van der Waals surface area contributed by atoms with Crippen molar-refractivity contribution in [2.24, 2.45) is 0 Å². The average Bonchev–Trinajstić information content (AvgIpc) is 2.78. The molecule has 2 aromatic carbocycles. The summed E-state index contributed by atoms with van der Waals surface area (Å²) in [5.74, 6) is 1.41. The predicted octanol–water partition coefficient (Wildman–Crippen LogP) is 4.28. The van der Waals surface area contributed by atoms with Crippen LogP contribution in [0.25, 0.3) is 0 Å². The van der Waals surface area contributed by atoms with Crippen LogP contribution < -0.4 is 14.8 Å². The van der Waals surface area contributed by atoms with Gasteiger partial charge >= 0.3 is 0 Å². The van der Waals surface area contributed by atoms with Gasteiger partial charge in [0.1, 0.15) is 11.5 Å². The second-order valence-corrected chi connectivity index (χ2v) is 8.21. The number of morpholine rings is 1. The van der Waals surface area contributed by atoms with Crippen molar-refractivity contribution in [3.05, 3.63) is 53.1 Å². The Morgan fingerprint density at radius 3 is 2.48 bits per heavy atom. The summed E-state index contributed by atoms with van der Waals surface area (Å²) in [5.41, 5.74) is 1.94. The minimum absolute atomic E-state index is 0.650. The van der Waals surface area contributed by atoms with E-state index in [1.807, 2.05) is 36.4 Å². The Hall–Kier alpha value is -2.06. The van der Waals surface area contributed by atoms with Gasteiger partial charge in [-0.1, -0.05) is 23.7 Å². The van der Waals surface area contributed by atoms with Gasteiger partial charge in [0, 0.05) is 61.6 Å². The quantitative estimate of drug-likeness (QED) is 0.557. The fraction of sp³-hybridized carbons (Fsp3) is 0.435. The van der Waals surface area contributed by atoms with Crippen LogP contribution in [0, 0.1) is 0 Å². The van der Waals surface area contributed by atoms with E-state index < -0.39 is 0 Å². The molecule has 31 heavy (non-hydrogen) atoms. The Morgan fingerprint density at radius 1 is 1.13 bits per heavy atom. The number of halogens is 1. The molecule has 1 heterocycles. The van der Waals surface area contributed by atoms with Gasteiger partial charge in [-0.15, -0.1) is 0 Å². The lowest BCUT2D eigenvalue weighted by molar-refractivity contribution is 0.0368. The first-order valence-electron chi connectivity index (χ1n) is 10.4. The molecular formula is C23H30ClN3O3S. The second-order valence-electron chi connectivity index (χ2n) is 7.39. The van der Waals surface area contributed by atoms with E-state index in [4.69, 9.17) is 38.0 Å². The molecule has 1 aliphatic rings. The maximum absolute atomic E-state index is 6.20. The van der Waals surface area contributed by atoms with E-state index in [2.05, 4.69) is 21.2 Å². The molecule has 0 aliphatic carbocycles. The van der Waals surface area contributed by atoms with Gasteiger partial charge in [0.05, 0.1) is 27.4 Å². The number of anilines is 1. The van der Waals surface area contributed by atoms with Crippen molar-refractivity contribution in [2.45, 2.75) is 13.0 Å². The van der Waals surface area contributed by atoms with E-state index in [-0.39, 0.29) is 0 Å². The zero-order valence-corrected chi connectivity index (χ0v) is 19.7. The van der Waals surface area contributed by atoms with Crippen LogP contribution in [-0.4, -0.2) is 68.5 Å². The molecule has 0 spiro atoms. The average molecular weight is 464 g/mol. The fourth-order valence-corrected chi connectivity index (χ4v) is 3.99. The maximum atomic E-state index is 6.20. The smallest absolute Gasteiger partial charge is 0.173 e. The van der Waals surface area contributed by atoms with Crippen LogP contribution in [0.3, 0.4) is 0 Å². The van der Waals surface area contributed by atoms with Crippen LogP contribution in [0.1, 0.15) is 12.0 Å². The predicted molar refractivity (Wildman–Crippen MR) is 130 cm³/mol. The number of thiocarbonyl (C=S) groups is 1. The zero-order valence-electron chi connectivity index (χ0n) is 18.1. The van der Waals surface area contributed by atoms with Gasteiger partial charge in [0.2, 0.25) is 0 Å². The van der Waals surface area contributed by atoms with Crippen molar-refractivity contribution in [1.29, 1.82) is 0 Å². The molecule has 168 valence electrons. The van der Waals surface area contributed by atoms with Crippen LogP contribution in [0.4, 0.5) is 5.69 Å². The second kappa shape index (κ2) is 12.1. The largest absolute Gasteiger partial charge is 0.497 e. The Morgan fingerprint density at radius 2 is 1.84 bits per heavy atom. The highest BCUT2D eigenvalue weighted by Gasteiger charge is 2.15. The highest BCUT2D eigenvalue weighted by atomic mass is 35.5. The third-order valence-corrected chi connectivity index (χ3v) is 5.75. The number of hydrogen-bond donors (Lipinski definition) is 1. The van der Waals surface area contributed by atoms with Crippen molar-refractivity contribution in [3.8, 4) is 11.5 Å². The molecule has 0 atom stereocenters. The highest BCUT2D eigenvalue weighted by molar-refractivity contribution is 7.80.